The van der Waals surface area contributed by atoms with Crippen molar-refractivity contribution >= 4 is 29.2 Å². The molecule has 2 fully saturated rings. The fraction of sp³-hybridized carbons (Fsp3) is 0.440. The molecule has 2 unspecified atom stereocenters. The maximum Gasteiger partial charge on any atom is 0.335 e. The third kappa shape index (κ3) is 5.21. The molecule has 2 N–H and O–H groups in total. The molecule has 0 spiro atoms. The first-order chi connectivity index (χ1) is 15.0. The van der Waals surface area contributed by atoms with E-state index >= 15 is 0 Å². The number of piperidine rings is 1. The number of aromatic carboxylic acids is 1. The second-order valence-corrected chi connectivity index (χ2v) is 9.15. The Morgan fingerprint density at radius 3 is 2.52 bits per heavy atom. The number of nitrogens with zero attached hydrogens (tertiary/aromatic N) is 1. The minimum Gasteiger partial charge on any atom is -0.478 e. The third-order valence-corrected chi connectivity index (χ3v) is 6.97. The highest BCUT2D eigenvalue weighted by atomic mass is 35.5. The predicted molar refractivity (Wildman–Crippen MR) is 123 cm³/mol. The van der Waals surface area contributed by atoms with Crippen molar-refractivity contribution in [2.24, 2.45) is 11.8 Å². The Balaban J connectivity index is 1.40. The van der Waals surface area contributed by atoms with Gasteiger partial charge >= 0.3 is 5.97 Å². The van der Waals surface area contributed by atoms with Gasteiger partial charge in [-0.15, -0.1) is 0 Å². The maximum absolute atomic E-state index is 13.0. The van der Waals surface area contributed by atoms with Gasteiger partial charge in [0.2, 0.25) is 0 Å². The number of nitrogens with one attached hydrogen (secondary N) is 1. The molecule has 4 rings (SSSR count). The maximum atomic E-state index is 13.0. The molecule has 2 aromatic rings. The molecule has 5 nitrogen and oxygen atoms in total. The van der Waals surface area contributed by atoms with Gasteiger partial charge in [0.1, 0.15) is 0 Å². The highest BCUT2D eigenvalue weighted by Gasteiger charge is 2.32. The quantitative estimate of drug-likeness (QED) is 0.661. The summed E-state index contributed by atoms with van der Waals surface area (Å²) in [5, 5.41) is 12.6. The van der Waals surface area contributed by atoms with Crippen LogP contribution in [0.2, 0.25) is 5.02 Å². The van der Waals surface area contributed by atoms with Crippen LogP contribution >= 0.6 is 11.6 Å². The van der Waals surface area contributed by atoms with Crippen molar-refractivity contribution in [2.45, 2.75) is 38.5 Å². The zero-order valence-electron chi connectivity index (χ0n) is 17.6. The summed E-state index contributed by atoms with van der Waals surface area (Å²) in [5.41, 5.74) is 2.84. The van der Waals surface area contributed by atoms with E-state index in [2.05, 4.69) is 10.2 Å². The highest BCUT2D eigenvalue weighted by molar-refractivity contribution is 6.31. The summed E-state index contributed by atoms with van der Waals surface area (Å²) < 4.78 is 0. The van der Waals surface area contributed by atoms with Gasteiger partial charge in [-0.3, -0.25) is 4.79 Å². The number of hydrogen-bond donors (Lipinski definition) is 2. The third-order valence-electron chi connectivity index (χ3n) is 6.74. The molecule has 0 aromatic heterocycles. The van der Waals surface area contributed by atoms with Crippen molar-refractivity contribution in [1.29, 1.82) is 0 Å². The Morgan fingerprint density at radius 2 is 1.77 bits per heavy atom. The fourth-order valence-corrected chi connectivity index (χ4v) is 5.19. The lowest BCUT2D eigenvalue weighted by Gasteiger charge is -2.42. The summed E-state index contributed by atoms with van der Waals surface area (Å²) >= 11 is 6.23. The molecule has 1 aliphatic heterocycles. The molecule has 2 atom stereocenters. The minimum atomic E-state index is -0.939. The van der Waals surface area contributed by atoms with E-state index in [0.717, 1.165) is 36.2 Å². The van der Waals surface area contributed by atoms with Gasteiger partial charge in [-0.05, 0) is 67.0 Å². The molecular formula is C25H29ClN2O3. The number of carbonyl (C=O) groups excluding carboxylic acids is 1. The van der Waals surface area contributed by atoms with Crippen LogP contribution in [-0.4, -0.2) is 36.6 Å². The molecule has 6 heteroatoms. The van der Waals surface area contributed by atoms with Crippen LogP contribution in [-0.2, 0) is 6.42 Å². The molecule has 1 saturated heterocycles. The van der Waals surface area contributed by atoms with Crippen molar-refractivity contribution in [1.82, 2.24) is 5.32 Å². The number of halogens is 1. The number of rotatable bonds is 6. The van der Waals surface area contributed by atoms with E-state index in [0.29, 0.717) is 23.6 Å². The minimum absolute atomic E-state index is 0.120. The molecule has 0 bridgehead atoms. The van der Waals surface area contributed by atoms with Crippen LogP contribution in [0.5, 0.6) is 0 Å². The summed E-state index contributed by atoms with van der Waals surface area (Å²) in [5.74, 6) is 0.501. The number of fused-ring (bicyclic) bond motifs is 1. The molecule has 1 saturated carbocycles. The van der Waals surface area contributed by atoms with Gasteiger partial charge in [-0.2, -0.15) is 0 Å². The molecular weight excluding hydrogens is 412 g/mol. The first kappa shape index (κ1) is 21.7. The summed E-state index contributed by atoms with van der Waals surface area (Å²) in [7, 11) is 0. The van der Waals surface area contributed by atoms with E-state index in [1.807, 2.05) is 12.1 Å². The molecule has 1 aliphatic carbocycles. The van der Waals surface area contributed by atoms with E-state index in [1.54, 1.807) is 30.3 Å². The molecule has 1 heterocycles. The van der Waals surface area contributed by atoms with Gasteiger partial charge in [-0.25, -0.2) is 4.79 Å². The summed E-state index contributed by atoms with van der Waals surface area (Å²) in [6.07, 6.45) is 7.14. The lowest BCUT2D eigenvalue weighted by Crippen LogP contribution is -2.42. The van der Waals surface area contributed by atoms with Crippen molar-refractivity contribution in [3.8, 4) is 0 Å². The fourth-order valence-electron chi connectivity index (χ4n) is 5.02. The molecule has 2 aromatic carbocycles. The Hall–Kier alpha value is -2.53. The molecule has 164 valence electrons. The van der Waals surface area contributed by atoms with E-state index in [1.165, 1.54) is 32.1 Å². The highest BCUT2D eigenvalue weighted by Crippen LogP contribution is 2.38. The smallest absolute Gasteiger partial charge is 0.335 e. The average molecular weight is 441 g/mol. The van der Waals surface area contributed by atoms with E-state index in [9.17, 15) is 9.59 Å². The molecule has 31 heavy (non-hydrogen) atoms. The first-order valence-electron chi connectivity index (χ1n) is 11.2. The zero-order valence-corrected chi connectivity index (χ0v) is 18.4. The Morgan fingerprint density at radius 1 is 1.03 bits per heavy atom. The molecule has 2 aliphatic rings. The number of hydrogen-bond acceptors (Lipinski definition) is 3. The number of amides is 1. The average Bonchev–Trinajstić information content (AvgIpc) is 2.79. The normalized spacial score (nSPS) is 20.7. The Kier molecular flexibility index (Phi) is 6.81. The number of carbonyl (C=O) groups is 2. The topological polar surface area (TPSA) is 69.6 Å². The van der Waals surface area contributed by atoms with Crippen LogP contribution in [0, 0.1) is 11.8 Å². The van der Waals surface area contributed by atoms with E-state index in [4.69, 9.17) is 16.7 Å². The largest absolute Gasteiger partial charge is 0.478 e. The van der Waals surface area contributed by atoms with Crippen LogP contribution in [0.3, 0.4) is 0 Å². The van der Waals surface area contributed by atoms with Gasteiger partial charge in [0, 0.05) is 30.3 Å². The summed E-state index contributed by atoms with van der Waals surface area (Å²) in [6, 6.07) is 12.4. The second-order valence-electron chi connectivity index (χ2n) is 8.71. The standard InChI is InChI=1S/C25H29ClN2O3/c26-21-9-10-23(28-14-12-18-3-1-2-4-20(18)16-28)22(15-21)24(29)27-13-11-17-5-7-19(8-6-17)25(30)31/h5-10,15,18,20H,1-4,11-14,16H2,(H,27,29)(H,30,31). The first-order valence-corrected chi connectivity index (χ1v) is 11.5. The monoisotopic (exact) mass is 440 g/mol. The molecule has 1 amide bonds. The van der Waals surface area contributed by atoms with Gasteiger partial charge in [0.25, 0.3) is 5.91 Å². The van der Waals surface area contributed by atoms with Crippen LogP contribution in [0.4, 0.5) is 5.69 Å². The number of anilines is 1. The zero-order chi connectivity index (χ0) is 21.8. The Bertz CT molecular complexity index is 944. The number of benzene rings is 2. The molecule has 0 radical (unpaired) electrons. The van der Waals surface area contributed by atoms with Gasteiger partial charge < -0.3 is 15.3 Å². The predicted octanol–water partition coefficient (Wildman–Crippen LogP) is 5.03. The number of carboxylic acids is 1. The van der Waals surface area contributed by atoms with Gasteiger partial charge in [-0.1, -0.05) is 43.0 Å². The summed E-state index contributed by atoms with van der Waals surface area (Å²) in [6.45, 7) is 2.48. The van der Waals surface area contributed by atoms with Gasteiger partial charge in [0.15, 0.2) is 0 Å². The van der Waals surface area contributed by atoms with Crippen LogP contribution in [0.1, 0.15) is 58.4 Å². The van der Waals surface area contributed by atoms with Crippen molar-refractivity contribution < 1.29 is 14.7 Å². The van der Waals surface area contributed by atoms with E-state index in [-0.39, 0.29) is 11.5 Å². The van der Waals surface area contributed by atoms with Crippen LogP contribution < -0.4 is 10.2 Å². The van der Waals surface area contributed by atoms with Crippen LogP contribution in [0.15, 0.2) is 42.5 Å². The lowest BCUT2D eigenvalue weighted by atomic mass is 9.75. The lowest BCUT2D eigenvalue weighted by molar-refractivity contribution is 0.0696. The van der Waals surface area contributed by atoms with E-state index < -0.39 is 5.97 Å². The Labute approximate surface area is 188 Å². The van der Waals surface area contributed by atoms with Crippen molar-refractivity contribution in [3.05, 3.63) is 64.2 Å². The van der Waals surface area contributed by atoms with Gasteiger partial charge in [0.05, 0.1) is 11.1 Å². The summed E-state index contributed by atoms with van der Waals surface area (Å²) in [4.78, 5) is 26.3. The second kappa shape index (κ2) is 9.73. The van der Waals surface area contributed by atoms with Crippen molar-refractivity contribution in [3.63, 3.8) is 0 Å². The SMILES string of the molecule is O=C(O)c1ccc(CCNC(=O)c2cc(Cl)ccc2N2CCC3CCCCC3C2)cc1. The van der Waals surface area contributed by atoms with Crippen molar-refractivity contribution in [2.75, 3.05) is 24.5 Å². The number of carboxylic acid groups (broad SMARTS) is 1. The van der Waals surface area contributed by atoms with Crippen LogP contribution in [0.25, 0.3) is 0 Å².